The molecule has 1 aromatic carbocycles. The Morgan fingerprint density at radius 3 is 2.78 bits per heavy atom. The lowest BCUT2D eigenvalue weighted by molar-refractivity contribution is 0.0998. The predicted octanol–water partition coefficient (Wildman–Crippen LogP) is 5.31. The van der Waals surface area contributed by atoms with Gasteiger partial charge in [-0.2, -0.15) is 4.99 Å². The van der Waals surface area contributed by atoms with Gasteiger partial charge in [-0.25, -0.2) is 0 Å². The number of nitrogens with zero attached hydrogens (tertiary/aromatic N) is 2. The minimum absolute atomic E-state index is 0.334. The van der Waals surface area contributed by atoms with Gasteiger partial charge < -0.3 is 4.57 Å². The molecular weight excluding hydrogens is 371 g/mol. The van der Waals surface area contributed by atoms with Gasteiger partial charge in [0.1, 0.15) is 4.34 Å². The summed E-state index contributed by atoms with van der Waals surface area (Å²) in [5.41, 5.74) is 2.52. The fourth-order valence-electron chi connectivity index (χ4n) is 2.20. The van der Waals surface area contributed by atoms with E-state index in [2.05, 4.69) is 17.6 Å². The summed E-state index contributed by atoms with van der Waals surface area (Å²) in [5, 5.41) is 0. The summed E-state index contributed by atoms with van der Waals surface area (Å²) in [4.78, 5) is 17.3. The Labute approximate surface area is 151 Å². The van der Waals surface area contributed by atoms with Crippen LogP contribution in [0, 0.1) is 6.92 Å². The summed E-state index contributed by atoms with van der Waals surface area (Å²) in [7, 11) is 0. The molecule has 0 N–H and O–H groups in total. The molecule has 3 nitrogen and oxygen atoms in total. The van der Waals surface area contributed by atoms with Crippen LogP contribution in [0.15, 0.2) is 41.9 Å². The summed E-state index contributed by atoms with van der Waals surface area (Å²) in [5.74, 6) is -0.390. The van der Waals surface area contributed by atoms with Crippen LogP contribution >= 0.6 is 45.9 Å². The molecule has 0 radical (unpaired) electrons. The maximum Gasteiger partial charge on any atom is 0.282 e. The zero-order valence-electron chi connectivity index (χ0n) is 12.2. The maximum atomic E-state index is 12.4. The lowest BCUT2D eigenvalue weighted by Crippen LogP contribution is -2.16. The summed E-state index contributed by atoms with van der Waals surface area (Å²) in [6.07, 6.45) is 1.78. The maximum absolute atomic E-state index is 12.4. The van der Waals surface area contributed by atoms with Crippen LogP contribution in [0.1, 0.15) is 15.9 Å². The number of benzene rings is 1. The second-order valence-corrected chi connectivity index (χ2v) is 8.20. The van der Waals surface area contributed by atoms with Gasteiger partial charge in [-0.05, 0) is 30.7 Å². The summed E-state index contributed by atoms with van der Waals surface area (Å²) < 4.78 is 3.87. The normalized spacial score (nSPS) is 12.0. The molecule has 3 aromatic rings. The number of aromatic nitrogens is 1. The molecular formula is C16H12Cl2N2OS2. The van der Waals surface area contributed by atoms with Crippen molar-refractivity contribution in [1.82, 2.24) is 4.57 Å². The number of amides is 1. The van der Waals surface area contributed by atoms with Crippen molar-refractivity contribution in [3.05, 3.63) is 61.5 Å². The Hall–Kier alpha value is -1.40. The van der Waals surface area contributed by atoms with Crippen molar-refractivity contribution < 1.29 is 4.79 Å². The highest BCUT2D eigenvalue weighted by Crippen LogP contribution is 2.31. The van der Waals surface area contributed by atoms with E-state index in [-0.39, 0.29) is 5.91 Å². The Balaban J connectivity index is 2.17. The number of rotatable bonds is 3. The number of halogens is 2. The molecule has 0 spiro atoms. The summed E-state index contributed by atoms with van der Waals surface area (Å²) in [6.45, 7) is 6.39. The highest BCUT2D eigenvalue weighted by Gasteiger charge is 2.14. The molecule has 0 fully saturated rings. The van der Waals surface area contributed by atoms with E-state index in [4.69, 9.17) is 23.2 Å². The molecule has 23 heavy (non-hydrogen) atoms. The Morgan fingerprint density at radius 2 is 2.13 bits per heavy atom. The van der Waals surface area contributed by atoms with Crippen LogP contribution < -0.4 is 4.80 Å². The van der Waals surface area contributed by atoms with Gasteiger partial charge >= 0.3 is 0 Å². The first-order valence-corrected chi connectivity index (χ1v) is 9.13. The zero-order chi connectivity index (χ0) is 16.6. The van der Waals surface area contributed by atoms with E-state index in [0.717, 1.165) is 27.1 Å². The van der Waals surface area contributed by atoms with Gasteiger partial charge in [-0.1, -0.05) is 46.7 Å². The van der Waals surface area contributed by atoms with E-state index in [1.165, 1.54) is 11.3 Å². The molecule has 0 atom stereocenters. The number of hydrogen-bond acceptors (Lipinski definition) is 3. The topological polar surface area (TPSA) is 34.4 Å². The first-order chi connectivity index (χ1) is 11.0. The SMILES string of the molecule is C=CCn1c(=NC(=O)c2cc(Cl)sc2Cl)sc2cc(C)ccc21. The van der Waals surface area contributed by atoms with Gasteiger partial charge in [0, 0.05) is 6.54 Å². The van der Waals surface area contributed by atoms with Crippen LogP contribution in [0.3, 0.4) is 0 Å². The van der Waals surface area contributed by atoms with E-state index in [1.54, 1.807) is 12.1 Å². The molecule has 1 amide bonds. The largest absolute Gasteiger partial charge is 0.312 e. The molecule has 2 heterocycles. The fourth-order valence-corrected chi connectivity index (χ4v) is 4.79. The lowest BCUT2D eigenvalue weighted by atomic mass is 10.2. The minimum Gasteiger partial charge on any atom is -0.312 e. The second kappa shape index (κ2) is 6.61. The summed E-state index contributed by atoms with van der Waals surface area (Å²) >= 11 is 14.6. The molecule has 118 valence electrons. The molecule has 0 saturated heterocycles. The monoisotopic (exact) mass is 382 g/mol. The molecule has 0 bridgehead atoms. The van der Waals surface area contributed by atoms with Crippen molar-refractivity contribution in [3.8, 4) is 0 Å². The average molecular weight is 383 g/mol. The fraction of sp³-hybridized carbons (Fsp3) is 0.125. The van der Waals surface area contributed by atoms with Gasteiger partial charge in [0.05, 0.1) is 20.1 Å². The van der Waals surface area contributed by atoms with Crippen LogP contribution in [0.4, 0.5) is 0 Å². The molecule has 0 saturated carbocycles. The van der Waals surface area contributed by atoms with Gasteiger partial charge in [0.25, 0.3) is 5.91 Å². The molecule has 0 aliphatic rings. The zero-order valence-corrected chi connectivity index (χ0v) is 15.3. The van der Waals surface area contributed by atoms with Crippen molar-refractivity contribution in [3.63, 3.8) is 0 Å². The van der Waals surface area contributed by atoms with Crippen molar-refractivity contribution in [1.29, 1.82) is 0 Å². The number of thiazole rings is 1. The third-order valence-electron chi connectivity index (χ3n) is 3.23. The Morgan fingerprint density at radius 1 is 1.35 bits per heavy atom. The smallest absolute Gasteiger partial charge is 0.282 e. The van der Waals surface area contributed by atoms with Gasteiger partial charge in [-0.3, -0.25) is 4.79 Å². The van der Waals surface area contributed by atoms with Crippen LogP contribution in [0.2, 0.25) is 8.67 Å². The number of allylic oxidation sites excluding steroid dienone is 1. The highest BCUT2D eigenvalue weighted by atomic mass is 35.5. The summed E-state index contributed by atoms with van der Waals surface area (Å²) in [6, 6.07) is 7.70. The van der Waals surface area contributed by atoms with E-state index < -0.39 is 0 Å². The molecule has 7 heteroatoms. The van der Waals surface area contributed by atoms with Crippen LogP contribution in [0.5, 0.6) is 0 Å². The van der Waals surface area contributed by atoms with E-state index >= 15 is 0 Å². The van der Waals surface area contributed by atoms with Gasteiger partial charge in [-0.15, -0.1) is 17.9 Å². The number of thiophene rings is 1. The van der Waals surface area contributed by atoms with Crippen LogP contribution in [-0.2, 0) is 6.54 Å². The van der Waals surface area contributed by atoms with Crippen LogP contribution in [-0.4, -0.2) is 10.5 Å². The molecule has 3 rings (SSSR count). The van der Waals surface area contributed by atoms with Crippen molar-refractivity contribution in [2.24, 2.45) is 4.99 Å². The third-order valence-corrected chi connectivity index (χ3v) is 5.76. The van der Waals surface area contributed by atoms with Gasteiger partial charge in [0.15, 0.2) is 4.80 Å². The molecule has 0 unspecified atom stereocenters. The number of carbonyl (C=O) groups excluding carboxylic acids is 1. The van der Waals surface area contributed by atoms with E-state index in [1.807, 2.05) is 23.6 Å². The second-order valence-electron chi connectivity index (χ2n) is 4.91. The number of carbonyl (C=O) groups is 1. The lowest BCUT2D eigenvalue weighted by Gasteiger charge is -2.01. The molecule has 0 aliphatic heterocycles. The Kier molecular flexibility index (Phi) is 4.73. The standard InChI is InChI=1S/C16H12Cl2N2OS2/c1-3-6-20-11-5-4-9(2)7-12(11)22-16(20)19-15(21)10-8-13(17)23-14(10)18/h3-5,7-8H,1,6H2,2H3. The van der Waals surface area contributed by atoms with Crippen molar-refractivity contribution in [2.75, 3.05) is 0 Å². The van der Waals surface area contributed by atoms with Crippen molar-refractivity contribution >= 4 is 62.0 Å². The number of aryl methyl sites for hydroxylation is 1. The number of hydrogen-bond donors (Lipinski definition) is 0. The van der Waals surface area contributed by atoms with E-state index in [0.29, 0.717) is 25.6 Å². The van der Waals surface area contributed by atoms with E-state index in [9.17, 15) is 4.79 Å². The van der Waals surface area contributed by atoms with Gasteiger partial charge in [0.2, 0.25) is 0 Å². The minimum atomic E-state index is -0.390. The predicted molar refractivity (Wildman–Crippen MR) is 99.0 cm³/mol. The van der Waals surface area contributed by atoms with Crippen LogP contribution in [0.25, 0.3) is 10.2 Å². The molecule has 0 aliphatic carbocycles. The highest BCUT2D eigenvalue weighted by molar-refractivity contribution is 7.20. The molecule has 2 aromatic heterocycles. The Bertz CT molecular complexity index is 982. The first-order valence-electron chi connectivity index (χ1n) is 6.74. The third kappa shape index (κ3) is 3.28. The van der Waals surface area contributed by atoms with Crippen molar-refractivity contribution in [2.45, 2.75) is 13.5 Å². The quantitative estimate of drug-likeness (QED) is 0.565. The number of fused-ring (bicyclic) bond motifs is 1. The first kappa shape index (κ1) is 16.5. The average Bonchev–Trinajstić information content (AvgIpc) is 2.99.